The normalized spacial score (nSPS) is 18.0. The number of carbonyl (C=O) groups excluding carboxylic acids is 2. The smallest absolute Gasteiger partial charge is 0.241 e. The van der Waals surface area contributed by atoms with Crippen LogP contribution in [0.25, 0.3) is 0 Å². The molecule has 22 heavy (non-hydrogen) atoms. The van der Waals surface area contributed by atoms with Gasteiger partial charge in [-0.05, 0) is 51.1 Å². The third kappa shape index (κ3) is 4.04. The molecule has 1 aromatic rings. The van der Waals surface area contributed by atoms with Crippen LogP contribution in [0.2, 0.25) is 0 Å². The third-order valence-electron chi connectivity index (χ3n) is 4.05. The number of amides is 2. The molecule has 1 aliphatic heterocycles. The fourth-order valence-electron chi connectivity index (χ4n) is 2.57. The quantitative estimate of drug-likeness (QED) is 0.850. The minimum atomic E-state index is -0.484. The maximum atomic E-state index is 13.7. The van der Waals surface area contributed by atoms with Crippen LogP contribution in [0.1, 0.15) is 19.8 Å². The average Bonchev–Trinajstić information content (AvgIpc) is 2.49. The molecule has 1 aliphatic rings. The number of benzene rings is 1. The van der Waals surface area contributed by atoms with Gasteiger partial charge in [-0.2, -0.15) is 0 Å². The van der Waals surface area contributed by atoms with E-state index in [1.807, 2.05) is 4.90 Å². The molecule has 0 saturated carbocycles. The average molecular weight is 372 g/mol. The standard InChI is InChI=1S/C15H19BrFN3O2/c1-9(20-6-4-10(5-7-20)14(18)21)15(22)19-13-3-2-11(16)8-12(13)17/h2-3,8-10H,4-7H2,1H3,(H2,18,21)(H,19,22)/t9-/m0/s1. The molecule has 0 spiro atoms. The fraction of sp³-hybridized carbons (Fsp3) is 0.467. The van der Waals surface area contributed by atoms with Gasteiger partial charge in [0.2, 0.25) is 11.8 Å². The van der Waals surface area contributed by atoms with E-state index in [-0.39, 0.29) is 23.4 Å². The van der Waals surface area contributed by atoms with Crippen LogP contribution < -0.4 is 11.1 Å². The predicted octanol–water partition coefficient (Wildman–Crippen LogP) is 2.11. The SMILES string of the molecule is C[C@@H](C(=O)Nc1ccc(Br)cc1F)N1CCC(C(N)=O)CC1. The Morgan fingerprint density at radius 1 is 1.41 bits per heavy atom. The van der Waals surface area contributed by atoms with Crippen molar-refractivity contribution < 1.29 is 14.0 Å². The highest BCUT2D eigenvalue weighted by molar-refractivity contribution is 9.10. The van der Waals surface area contributed by atoms with Crippen molar-refractivity contribution in [2.75, 3.05) is 18.4 Å². The second kappa shape index (κ2) is 7.19. The minimum absolute atomic E-state index is 0.115. The van der Waals surface area contributed by atoms with Crippen LogP contribution in [0, 0.1) is 11.7 Å². The van der Waals surface area contributed by atoms with Crippen molar-refractivity contribution in [2.24, 2.45) is 11.7 Å². The van der Waals surface area contributed by atoms with Crippen molar-refractivity contribution in [1.82, 2.24) is 4.90 Å². The molecule has 1 heterocycles. The van der Waals surface area contributed by atoms with Gasteiger partial charge in [0.15, 0.2) is 0 Å². The molecule has 2 rings (SSSR count). The maximum Gasteiger partial charge on any atom is 0.241 e. The van der Waals surface area contributed by atoms with Crippen LogP contribution in [0.15, 0.2) is 22.7 Å². The molecule has 1 aromatic carbocycles. The molecule has 0 bridgehead atoms. The van der Waals surface area contributed by atoms with Gasteiger partial charge >= 0.3 is 0 Å². The van der Waals surface area contributed by atoms with Crippen LogP contribution in [-0.2, 0) is 9.59 Å². The van der Waals surface area contributed by atoms with Gasteiger partial charge in [0.1, 0.15) is 5.82 Å². The molecule has 1 saturated heterocycles. The van der Waals surface area contributed by atoms with Crippen molar-refractivity contribution in [3.8, 4) is 0 Å². The molecule has 7 heteroatoms. The molecular formula is C15H19BrFN3O2. The lowest BCUT2D eigenvalue weighted by atomic mass is 9.95. The number of nitrogens with two attached hydrogens (primary N) is 1. The predicted molar refractivity (Wildman–Crippen MR) is 85.7 cm³/mol. The highest BCUT2D eigenvalue weighted by Crippen LogP contribution is 2.21. The van der Waals surface area contributed by atoms with Crippen molar-refractivity contribution in [1.29, 1.82) is 0 Å². The van der Waals surface area contributed by atoms with E-state index in [4.69, 9.17) is 5.73 Å². The molecule has 0 unspecified atom stereocenters. The summed E-state index contributed by atoms with van der Waals surface area (Å²) < 4.78 is 14.4. The van der Waals surface area contributed by atoms with Gasteiger partial charge in [0.25, 0.3) is 0 Å². The number of rotatable bonds is 4. The highest BCUT2D eigenvalue weighted by atomic mass is 79.9. The van der Waals surface area contributed by atoms with Crippen LogP contribution in [0.3, 0.4) is 0 Å². The maximum absolute atomic E-state index is 13.7. The number of nitrogens with zero attached hydrogens (tertiary/aromatic N) is 1. The summed E-state index contributed by atoms with van der Waals surface area (Å²) in [5.74, 6) is -1.15. The Morgan fingerprint density at radius 3 is 2.59 bits per heavy atom. The lowest BCUT2D eigenvalue weighted by Crippen LogP contribution is -2.47. The summed E-state index contributed by atoms with van der Waals surface area (Å²) >= 11 is 3.17. The highest BCUT2D eigenvalue weighted by Gasteiger charge is 2.28. The first-order chi connectivity index (χ1) is 10.4. The summed E-state index contributed by atoms with van der Waals surface area (Å²) in [5, 5.41) is 2.60. The minimum Gasteiger partial charge on any atom is -0.369 e. The first kappa shape index (κ1) is 16.9. The second-order valence-corrected chi connectivity index (χ2v) is 6.42. The summed E-state index contributed by atoms with van der Waals surface area (Å²) in [6.45, 7) is 3.03. The van der Waals surface area contributed by atoms with Crippen molar-refractivity contribution in [2.45, 2.75) is 25.8 Å². The fourth-order valence-corrected chi connectivity index (χ4v) is 2.90. The second-order valence-electron chi connectivity index (χ2n) is 5.50. The summed E-state index contributed by atoms with van der Waals surface area (Å²) in [5.41, 5.74) is 5.46. The first-order valence-electron chi connectivity index (χ1n) is 7.17. The van der Waals surface area contributed by atoms with E-state index in [0.29, 0.717) is 30.4 Å². The number of anilines is 1. The lowest BCUT2D eigenvalue weighted by molar-refractivity contribution is -0.124. The van der Waals surface area contributed by atoms with Crippen LogP contribution in [0.4, 0.5) is 10.1 Å². The molecule has 2 amide bonds. The summed E-state index contributed by atoms with van der Waals surface area (Å²) in [6.07, 6.45) is 1.30. The van der Waals surface area contributed by atoms with Gasteiger partial charge in [-0.1, -0.05) is 15.9 Å². The van der Waals surface area contributed by atoms with E-state index in [9.17, 15) is 14.0 Å². The van der Waals surface area contributed by atoms with Gasteiger partial charge in [-0.15, -0.1) is 0 Å². The summed E-state index contributed by atoms with van der Waals surface area (Å²) in [6, 6.07) is 4.10. The molecular weight excluding hydrogens is 353 g/mol. The summed E-state index contributed by atoms with van der Waals surface area (Å²) in [4.78, 5) is 25.4. The third-order valence-corrected chi connectivity index (χ3v) is 4.54. The zero-order chi connectivity index (χ0) is 16.3. The first-order valence-corrected chi connectivity index (χ1v) is 7.97. The number of carbonyl (C=O) groups is 2. The van der Waals surface area contributed by atoms with Gasteiger partial charge in [-0.3, -0.25) is 14.5 Å². The van der Waals surface area contributed by atoms with Crippen LogP contribution in [-0.4, -0.2) is 35.8 Å². The number of halogens is 2. The summed E-state index contributed by atoms with van der Waals surface area (Å²) in [7, 11) is 0. The van der Waals surface area contributed by atoms with E-state index in [1.165, 1.54) is 12.1 Å². The molecule has 1 fully saturated rings. The largest absolute Gasteiger partial charge is 0.369 e. The van der Waals surface area contributed by atoms with E-state index < -0.39 is 11.9 Å². The van der Waals surface area contributed by atoms with Gasteiger partial charge in [0, 0.05) is 10.4 Å². The molecule has 0 aromatic heterocycles. The van der Waals surface area contributed by atoms with Gasteiger partial charge in [0.05, 0.1) is 11.7 Å². The van der Waals surface area contributed by atoms with Crippen molar-refractivity contribution in [3.05, 3.63) is 28.5 Å². The molecule has 0 radical (unpaired) electrons. The Morgan fingerprint density at radius 2 is 2.05 bits per heavy atom. The van der Waals surface area contributed by atoms with E-state index in [1.54, 1.807) is 13.0 Å². The Labute approximate surface area is 137 Å². The number of hydrogen-bond donors (Lipinski definition) is 2. The molecule has 1 atom stereocenters. The molecule has 120 valence electrons. The Bertz CT molecular complexity index is 574. The van der Waals surface area contributed by atoms with Crippen molar-refractivity contribution in [3.63, 3.8) is 0 Å². The van der Waals surface area contributed by atoms with E-state index in [0.717, 1.165) is 0 Å². The topological polar surface area (TPSA) is 75.4 Å². The number of nitrogens with one attached hydrogen (secondary N) is 1. The van der Waals surface area contributed by atoms with Gasteiger partial charge in [-0.25, -0.2) is 4.39 Å². The monoisotopic (exact) mass is 371 g/mol. The number of piperidine rings is 1. The lowest BCUT2D eigenvalue weighted by Gasteiger charge is -2.34. The van der Waals surface area contributed by atoms with E-state index in [2.05, 4.69) is 21.2 Å². The van der Waals surface area contributed by atoms with Crippen LogP contribution >= 0.6 is 15.9 Å². The molecule has 5 nitrogen and oxygen atoms in total. The molecule has 0 aliphatic carbocycles. The zero-order valence-electron chi connectivity index (χ0n) is 12.3. The number of primary amides is 1. The Hall–Kier alpha value is -1.47. The number of likely N-dealkylation sites (tertiary alicyclic amines) is 1. The van der Waals surface area contributed by atoms with Gasteiger partial charge < -0.3 is 11.1 Å². The zero-order valence-corrected chi connectivity index (χ0v) is 13.9. The molecule has 3 N–H and O–H groups in total. The van der Waals surface area contributed by atoms with Crippen LogP contribution in [0.5, 0.6) is 0 Å². The van der Waals surface area contributed by atoms with E-state index >= 15 is 0 Å². The number of hydrogen-bond acceptors (Lipinski definition) is 3. The van der Waals surface area contributed by atoms with Crippen molar-refractivity contribution >= 4 is 33.4 Å². The Balaban J connectivity index is 1.94. The Kier molecular flexibility index (Phi) is 5.52.